The van der Waals surface area contributed by atoms with Gasteiger partial charge in [0.1, 0.15) is 0 Å². The lowest BCUT2D eigenvalue weighted by Gasteiger charge is -2.36. The summed E-state index contributed by atoms with van der Waals surface area (Å²) in [6, 6.07) is 2.74. The van der Waals surface area contributed by atoms with Crippen LogP contribution in [0.15, 0.2) is 18.5 Å². The molecule has 0 bridgehead atoms. The lowest BCUT2D eigenvalue weighted by Crippen LogP contribution is -2.31. The Bertz CT molecular complexity index is 378. The number of hydrogen-bond acceptors (Lipinski definition) is 2. The molecule has 0 saturated heterocycles. The van der Waals surface area contributed by atoms with Crippen molar-refractivity contribution in [1.29, 1.82) is 0 Å². The second-order valence-electron chi connectivity index (χ2n) is 6.24. The van der Waals surface area contributed by atoms with E-state index in [0.717, 1.165) is 17.8 Å². The van der Waals surface area contributed by atoms with Gasteiger partial charge < -0.3 is 5.32 Å². The van der Waals surface area contributed by atoms with E-state index in [9.17, 15) is 0 Å². The third-order valence-corrected chi connectivity index (χ3v) is 4.25. The fourth-order valence-electron chi connectivity index (χ4n) is 3.70. The van der Waals surface area contributed by atoms with Crippen LogP contribution in [-0.2, 0) is 0 Å². The lowest BCUT2D eigenvalue weighted by atomic mass is 9.72. The molecule has 2 heteroatoms. The van der Waals surface area contributed by atoms with Crippen LogP contribution in [0.2, 0.25) is 0 Å². The number of aryl methyl sites for hydroxylation is 1. The molecule has 0 aliphatic heterocycles. The topological polar surface area (TPSA) is 24.9 Å². The lowest BCUT2D eigenvalue weighted by molar-refractivity contribution is 0.180. The fraction of sp³-hybridized carbons (Fsp3) is 0.688. The highest BCUT2D eigenvalue weighted by Gasteiger charge is 2.30. The summed E-state index contributed by atoms with van der Waals surface area (Å²) in [7, 11) is 2.08. The maximum Gasteiger partial charge on any atom is 0.0361 e. The van der Waals surface area contributed by atoms with E-state index in [1.807, 2.05) is 12.4 Å². The molecule has 1 heterocycles. The summed E-state index contributed by atoms with van der Waals surface area (Å²) in [5, 5.41) is 3.52. The minimum atomic E-state index is 0.461. The van der Waals surface area contributed by atoms with Crippen LogP contribution in [0.25, 0.3) is 0 Å². The number of pyridine rings is 1. The molecule has 0 aromatic carbocycles. The Labute approximate surface area is 111 Å². The molecule has 0 radical (unpaired) electrons. The molecule has 3 unspecified atom stereocenters. The average molecular weight is 246 g/mol. The number of nitrogens with one attached hydrogen (secondary N) is 1. The largest absolute Gasteiger partial charge is 0.313 e. The maximum atomic E-state index is 4.35. The predicted molar refractivity (Wildman–Crippen MR) is 76.4 cm³/mol. The standard InChI is InChI=1S/C16H26N2/c1-11-5-12(2)7-14(6-11)16(17-4)15-8-13(3)9-18-10-15/h8-12,14,16-17H,5-7H2,1-4H3. The minimum Gasteiger partial charge on any atom is -0.313 e. The van der Waals surface area contributed by atoms with Gasteiger partial charge in [-0.1, -0.05) is 19.9 Å². The van der Waals surface area contributed by atoms with Gasteiger partial charge in [0.25, 0.3) is 0 Å². The van der Waals surface area contributed by atoms with E-state index >= 15 is 0 Å². The summed E-state index contributed by atoms with van der Waals surface area (Å²) in [5.41, 5.74) is 2.61. The van der Waals surface area contributed by atoms with E-state index in [1.54, 1.807) is 0 Å². The number of aromatic nitrogens is 1. The molecule has 1 N–H and O–H groups in total. The molecular formula is C16H26N2. The van der Waals surface area contributed by atoms with Crippen LogP contribution >= 0.6 is 0 Å². The summed E-state index contributed by atoms with van der Waals surface area (Å²) in [6.07, 6.45) is 8.02. The van der Waals surface area contributed by atoms with E-state index in [0.29, 0.717) is 6.04 Å². The van der Waals surface area contributed by atoms with Crippen LogP contribution in [0.3, 0.4) is 0 Å². The SMILES string of the molecule is CNC(c1cncc(C)c1)C1CC(C)CC(C)C1. The highest BCUT2D eigenvalue weighted by atomic mass is 14.9. The van der Waals surface area contributed by atoms with Crippen LogP contribution in [0.4, 0.5) is 0 Å². The molecule has 1 fully saturated rings. The molecule has 1 aromatic heterocycles. The fourth-order valence-corrected chi connectivity index (χ4v) is 3.70. The van der Waals surface area contributed by atoms with Gasteiger partial charge in [-0.2, -0.15) is 0 Å². The molecule has 1 saturated carbocycles. The molecule has 0 amide bonds. The van der Waals surface area contributed by atoms with Crippen molar-refractivity contribution >= 4 is 0 Å². The van der Waals surface area contributed by atoms with E-state index in [1.165, 1.54) is 30.4 Å². The van der Waals surface area contributed by atoms with Crippen LogP contribution in [-0.4, -0.2) is 12.0 Å². The van der Waals surface area contributed by atoms with E-state index in [-0.39, 0.29) is 0 Å². The monoisotopic (exact) mass is 246 g/mol. The van der Waals surface area contributed by atoms with Crippen LogP contribution < -0.4 is 5.32 Å². The van der Waals surface area contributed by atoms with Crippen molar-refractivity contribution in [3.8, 4) is 0 Å². The van der Waals surface area contributed by atoms with E-state index in [2.05, 4.69) is 44.2 Å². The molecule has 0 spiro atoms. The Morgan fingerprint density at radius 1 is 1.17 bits per heavy atom. The van der Waals surface area contributed by atoms with Crippen LogP contribution in [0.1, 0.15) is 50.3 Å². The van der Waals surface area contributed by atoms with Crippen molar-refractivity contribution in [3.63, 3.8) is 0 Å². The van der Waals surface area contributed by atoms with Gasteiger partial charge in [-0.25, -0.2) is 0 Å². The first-order chi connectivity index (χ1) is 8.60. The van der Waals surface area contributed by atoms with Gasteiger partial charge in [-0.05, 0) is 62.1 Å². The molecule has 3 atom stereocenters. The first-order valence-corrected chi connectivity index (χ1v) is 7.19. The number of rotatable bonds is 3. The smallest absolute Gasteiger partial charge is 0.0361 e. The summed E-state index contributed by atoms with van der Waals surface area (Å²) in [5.74, 6) is 2.46. The van der Waals surface area contributed by atoms with Gasteiger partial charge in [0.2, 0.25) is 0 Å². The second kappa shape index (κ2) is 5.83. The van der Waals surface area contributed by atoms with E-state index in [4.69, 9.17) is 0 Å². The Hall–Kier alpha value is -0.890. The summed E-state index contributed by atoms with van der Waals surface area (Å²) < 4.78 is 0. The zero-order valence-corrected chi connectivity index (χ0v) is 12.1. The molecule has 1 aromatic rings. The molecule has 100 valence electrons. The molecule has 2 rings (SSSR count). The first kappa shape index (κ1) is 13.5. The van der Waals surface area contributed by atoms with E-state index < -0.39 is 0 Å². The Morgan fingerprint density at radius 2 is 1.83 bits per heavy atom. The van der Waals surface area contributed by atoms with Gasteiger partial charge in [0, 0.05) is 18.4 Å². The van der Waals surface area contributed by atoms with Crippen molar-refractivity contribution < 1.29 is 0 Å². The number of hydrogen-bond donors (Lipinski definition) is 1. The molecule has 2 nitrogen and oxygen atoms in total. The molecule has 1 aliphatic carbocycles. The van der Waals surface area contributed by atoms with Crippen molar-refractivity contribution in [2.75, 3.05) is 7.05 Å². The van der Waals surface area contributed by atoms with Gasteiger partial charge in [-0.15, -0.1) is 0 Å². The normalized spacial score (nSPS) is 30.1. The van der Waals surface area contributed by atoms with Crippen molar-refractivity contribution in [1.82, 2.24) is 10.3 Å². The first-order valence-electron chi connectivity index (χ1n) is 7.19. The predicted octanol–water partition coefficient (Wildman–Crippen LogP) is 3.72. The molecule has 1 aliphatic rings. The number of nitrogens with zero attached hydrogens (tertiary/aromatic N) is 1. The maximum absolute atomic E-state index is 4.35. The Balaban J connectivity index is 2.17. The van der Waals surface area contributed by atoms with Gasteiger partial charge in [0.05, 0.1) is 0 Å². The van der Waals surface area contributed by atoms with Crippen molar-refractivity contribution in [2.24, 2.45) is 17.8 Å². The molecule has 18 heavy (non-hydrogen) atoms. The molecular weight excluding hydrogens is 220 g/mol. The zero-order valence-electron chi connectivity index (χ0n) is 12.1. The quantitative estimate of drug-likeness (QED) is 0.879. The third kappa shape index (κ3) is 3.11. The summed E-state index contributed by atoms with van der Waals surface area (Å²) in [6.45, 7) is 6.91. The van der Waals surface area contributed by atoms with Gasteiger partial charge >= 0.3 is 0 Å². The zero-order chi connectivity index (χ0) is 13.1. The summed E-state index contributed by atoms with van der Waals surface area (Å²) >= 11 is 0. The summed E-state index contributed by atoms with van der Waals surface area (Å²) in [4.78, 5) is 4.35. The third-order valence-electron chi connectivity index (χ3n) is 4.25. The van der Waals surface area contributed by atoms with Crippen LogP contribution in [0, 0.1) is 24.7 Å². The highest BCUT2D eigenvalue weighted by Crippen LogP contribution is 2.39. The Morgan fingerprint density at radius 3 is 2.39 bits per heavy atom. The minimum absolute atomic E-state index is 0.461. The van der Waals surface area contributed by atoms with Gasteiger partial charge in [-0.3, -0.25) is 4.98 Å². The highest BCUT2D eigenvalue weighted by molar-refractivity contribution is 5.21. The van der Waals surface area contributed by atoms with Gasteiger partial charge in [0.15, 0.2) is 0 Å². The van der Waals surface area contributed by atoms with Crippen molar-refractivity contribution in [3.05, 3.63) is 29.6 Å². The Kier molecular flexibility index (Phi) is 4.39. The van der Waals surface area contributed by atoms with Crippen LogP contribution in [0.5, 0.6) is 0 Å². The van der Waals surface area contributed by atoms with Crippen molar-refractivity contribution in [2.45, 2.75) is 46.1 Å². The second-order valence-corrected chi connectivity index (χ2v) is 6.24. The average Bonchev–Trinajstić information content (AvgIpc) is 2.28.